The second kappa shape index (κ2) is 24.4. The fourth-order valence-corrected chi connectivity index (χ4v) is 4.72. The van der Waals surface area contributed by atoms with E-state index in [2.05, 4.69) is 17.2 Å². The van der Waals surface area contributed by atoms with Gasteiger partial charge >= 0.3 is 11.9 Å². The molecule has 11 heteroatoms. The molecule has 1 rings (SSSR count). The van der Waals surface area contributed by atoms with Gasteiger partial charge in [-0.3, -0.25) is 24.0 Å². The number of carbonyl (C=O) groups is 5. The number of nitrogens with zero attached hydrogens (tertiary/aromatic N) is 1. The number of rotatable bonds is 25. The van der Waals surface area contributed by atoms with Crippen molar-refractivity contribution in [2.45, 2.75) is 122 Å². The Morgan fingerprint density at radius 3 is 1.76 bits per heavy atom. The lowest BCUT2D eigenvalue weighted by molar-refractivity contribution is -0.139. The van der Waals surface area contributed by atoms with Crippen LogP contribution in [0.1, 0.15) is 125 Å². The minimum atomic E-state index is -0.994. The summed E-state index contributed by atoms with van der Waals surface area (Å²) in [5, 5.41) is 20.6. The molecular formula is C34H52N4O7. The van der Waals surface area contributed by atoms with E-state index >= 15 is 0 Å². The van der Waals surface area contributed by atoms with Gasteiger partial charge in [-0.15, -0.1) is 5.92 Å². The van der Waals surface area contributed by atoms with Crippen LogP contribution in [0.2, 0.25) is 0 Å². The first-order chi connectivity index (χ1) is 21.6. The molecule has 1 unspecified atom stereocenters. The van der Waals surface area contributed by atoms with E-state index in [9.17, 15) is 24.0 Å². The quantitative estimate of drug-likeness (QED) is 0.0778. The zero-order valence-corrected chi connectivity index (χ0v) is 26.6. The van der Waals surface area contributed by atoms with Crippen molar-refractivity contribution in [1.29, 1.82) is 0 Å². The first-order valence-corrected chi connectivity index (χ1v) is 16.2. The fourth-order valence-electron chi connectivity index (χ4n) is 4.72. The number of carboxylic acid groups (broad SMARTS) is 2. The Kier molecular flexibility index (Phi) is 21.2. The van der Waals surface area contributed by atoms with Crippen LogP contribution in [-0.4, -0.2) is 63.9 Å². The van der Waals surface area contributed by atoms with Crippen molar-refractivity contribution in [2.75, 3.05) is 13.1 Å². The highest BCUT2D eigenvalue weighted by Gasteiger charge is 2.16. The van der Waals surface area contributed by atoms with Gasteiger partial charge in [-0.05, 0) is 37.0 Å². The molecule has 0 radical (unpaired) electrons. The maximum atomic E-state index is 12.9. The Bertz CT molecular complexity index is 1110. The van der Waals surface area contributed by atoms with Gasteiger partial charge in [-0.2, -0.15) is 0 Å². The van der Waals surface area contributed by atoms with Crippen molar-refractivity contribution in [3.05, 3.63) is 35.4 Å². The van der Waals surface area contributed by atoms with Gasteiger partial charge < -0.3 is 31.9 Å². The molecule has 0 fully saturated rings. The van der Waals surface area contributed by atoms with Crippen molar-refractivity contribution >= 4 is 29.7 Å². The number of nitrogens with two attached hydrogens (primary N) is 2. The van der Waals surface area contributed by atoms with Gasteiger partial charge in [0.05, 0.1) is 6.42 Å². The van der Waals surface area contributed by atoms with Gasteiger partial charge in [-0.1, -0.05) is 82.3 Å². The summed E-state index contributed by atoms with van der Waals surface area (Å²) >= 11 is 0. The number of carbonyl (C=O) groups excluding carboxylic acids is 3. The number of amides is 3. The van der Waals surface area contributed by atoms with E-state index in [1.165, 1.54) is 25.7 Å². The van der Waals surface area contributed by atoms with Crippen molar-refractivity contribution in [1.82, 2.24) is 10.2 Å². The third-order valence-electron chi connectivity index (χ3n) is 7.40. The van der Waals surface area contributed by atoms with Crippen LogP contribution in [0, 0.1) is 11.8 Å². The van der Waals surface area contributed by atoms with Gasteiger partial charge in [0.25, 0.3) is 5.91 Å². The Morgan fingerprint density at radius 2 is 1.24 bits per heavy atom. The predicted octanol–water partition coefficient (Wildman–Crippen LogP) is 4.36. The van der Waals surface area contributed by atoms with Crippen LogP contribution in [0.4, 0.5) is 0 Å². The smallest absolute Gasteiger partial charge is 0.305 e. The SMILES string of the molecule is NC(=O)C(N)C#CCCCNC(=O)c1ccc(CN(CCC(=O)O)C(=O)CCCCCCCCCCCCCCC(=O)O)cc1. The molecule has 11 nitrogen and oxygen atoms in total. The van der Waals surface area contributed by atoms with Crippen molar-refractivity contribution in [3.8, 4) is 11.8 Å². The molecule has 0 saturated carbocycles. The number of nitrogens with one attached hydrogen (secondary N) is 1. The second-order valence-electron chi connectivity index (χ2n) is 11.4. The lowest BCUT2D eigenvalue weighted by atomic mass is 10.0. The molecule has 0 aromatic heterocycles. The first-order valence-electron chi connectivity index (χ1n) is 16.2. The molecule has 0 bridgehead atoms. The third kappa shape index (κ3) is 20.6. The summed E-state index contributed by atoms with van der Waals surface area (Å²) in [5.74, 6) is 2.64. The molecule has 45 heavy (non-hydrogen) atoms. The number of hydrogen-bond acceptors (Lipinski definition) is 6. The molecular weight excluding hydrogens is 576 g/mol. The molecule has 0 aliphatic rings. The minimum absolute atomic E-state index is 0.0682. The Labute approximate surface area is 267 Å². The van der Waals surface area contributed by atoms with Crippen molar-refractivity contribution < 1.29 is 34.2 Å². The highest BCUT2D eigenvalue weighted by molar-refractivity contribution is 5.94. The van der Waals surface area contributed by atoms with Crippen LogP contribution >= 0.6 is 0 Å². The summed E-state index contributed by atoms with van der Waals surface area (Å²) < 4.78 is 0. The van der Waals surface area contributed by atoms with Crippen LogP contribution in [-0.2, 0) is 25.7 Å². The van der Waals surface area contributed by atoms with E-state index in [1.807, 2.05) is 0 Å². The standard InChI is InChI=1S/C34H52N4O7/c35-29(33(36)44)16-12-11-15-24-37-34(45)28-21-19-27(20-22-28)26-38(25-23-32(42)43)30(39)17-13-9-7-5-3-1-2-4-6-8-10-14-18-31(40)41/h19-22,29H,1-11,13-15,17-18,23-26,35H2,(H2,36,44)(H,37,45)(H,40,41)(H,42,43). The van der Waals surface area contributed by atoms with Crippen molar-refractivity contribution in [3.63, 3.8) is 0 Å². The molecule has 7 N–H and O–H groups in total. The third-order valence-corrected chi connectivity index (χ3v) is 7.40. The summed E-state index contributed by atoms with van der Waals surface area (Å²) in [4.78, 5) is 59.5. The maximum absolute atomic E-state index is 12.9. The number of unbranched alkanes of at least 4 members (excludes halogenated alkanes) is 12. The van der Waals surface area contributed by atoms with E-state index in [0.29, 0.717) is 31.4 Å². The maximum Gasteiger partial charge on any atom is 0.305 e. The highest BCUT2D eigenvalue weighted by Crippen LogP contribution is 2.15. The average molecular weight is 629 g/mol. The first kappa shape index (κ1) is 39.1. The summed E-state index contributed by atoms with van der Waals surface area (Å²) in [6.45, 7) is 0.806. The Hall–Kier alpha value is -3.91. The lowest BCUT2D eigenvalue weighted by Gasteiger charge is -2.22. The van der Waals surface area contributed by atoms with Gasteiger partial charge in [0.15, 0.2) is 0 Å². The van der Waals surface area contributed by atoms with Crippen LogP contribution in [0.3, 0.4) is 0 Å². The zero-order valence-electron chi connectivity index (χ0n) is 26.6. The normalized spacial score (nSPS) is 11.2. The second-order valence-corrected chi connectivity index (χ2v) is 11.4. The van der Waals surface area contributed by atoms with Gasteiger partial charge in [-0.25, -0.2) is 0 Å². The highest BCUT2D eigenvalue weighted by atomic mass is 16.4. The largest absolute Gasteiger partial charge is 0.481 e. The molecule has 0 saturated heterocycles. The predicted molar refractivity (Wildman–Crippen MR) is 173 cm³/mol. The number of aliphatic carboxylic acids is 2. The van der Waals surface area contributed by atoms with Gasteiger partial charge in [0, 0.05) is 44.5 Å². The zero-order chi connectivity index (χ0) is 33.3. The number of carboxylic acids is 2. The van der Waals surface area contributed by atoms with Gasteiger partial charge in [0.1, 0.15) is 6.04 Å². The Balaban J connectivity index is 2.33. The molecule has 1 aromatic carbocycles. The topological polar surface area (TPSA) is 193 Å². The molecule has 0 heterocycles. The minimum Gasteiger partial charge on any atom is -0.481 e. The van der Waals surface area contributed by atoms with E-state index < -0.39 is 23.9 Å². The summed E-state index contributed by atoms with van der Waals surface area (Å²) in [6, 6.07) is 5.90. The molecule has 0 aliphatic carbocycles. The van der Waals surface area contributed by atoms with Crippen LogP contribution in [0.25, 0.3) is 0 Å². The molecule has 0 aliphatic heterocycles. The fraction of sp³-hybridized carbons (Fsp3) is 0.618. The lowest BCUT2D eigenvalue weighted by Crippen LogP contribution is -2.34. The van der Waals surface area contributed by atoms with E-state index in [1.54, 1.807) is 29.2 Å². The van der Waals surface area contributed by atoms with Crippen molar-refractivity contribution in [2.24, 2.45) is 11.5 Å². The van der Waals surface area contributed by atoms with Crippen LogP contribution in [0.5, 0.6) is 0 Å². The Morgan fingerprint density at radius 1 is 0.733 bits per heavy atom. The molecule has 1 aromatic rings. The summed E-state index contributed by atoms with van der Waals surface area (Å²) in [5.41, 5.74) is 11.8. The monoisotopic (exact) mass is 628 g/mol. The number of primary amides is 1. The number of benzene rings is 1. The average Bonchev–Trinajstić information content (AvgIpc) is 3.00. The molecule has 250 valence electrons. The van der Waals surface area contributed by atoms with E-state index in [-0.39, 0.29) is 37.7 Å². The van der Waals surface area contributed by atoms with Crippen LogP contribution < -0.4 is 16.8 Å². The summed E-state index contributed by atoms with van der Waals surface area (Å²) in [7, 11) is 0. The summed E-state index contributed by atoms with van der Waals surface area (Å²) in [6.07, 6.45) is 14.3. The molecule has 3 amide bonds. The van der Waals surface area contributed by atoms with Crippen LogP contribution in [0.15, 0.2) is 24.3 Å². The number of hydrogen-bond donors (Lipinski definition) is 5. The molecule has 0 spiro atoms. The van der Waals surface area contributed by atoms with E-state index in [0.717, 1.165) is 56.9 Å². The van der Waals surface area contributed by atoms with Gasteiger partial charge in [0.2, 0.25) is 11.8 Å². The van der Waals surface area contributed by atoms with E-state index in [4.69, 9.17) is 21.7 Å². The molecule has 1 atom stereocenters.